The molecular formula is C14H17N5O. The average Bonchev–Trinajstić information content (AvgIpc) is 3.00. The van der Waals surface area contributed by atoms with Crippen LogP contribution < -0.4 is 10.6 Å². The Labute approximate surface area is 117 Å². The zero-order valence-corrected chi connectivity index (χ0v) is 11.3. The number of anilines is 1. The van der Waals surface area contributed by atoms with Gasteiger partial charge in [0, 0.05) is 12.2 Å². The van der Waals surface area contributed by atoms with Crippen LogP contribution in [0.2, 0.25) is 0 Å². The first-order valence-electron chi connectivity index (χ1n) is 6.71. The molecule has 1 amide bonds. The second-order valence-corrected chi connectivity index (χ2v) is 4.95. The van der Waals surface area contributed by atoms with Crippen LogP contribution in [0, 0.1) is 0 Å². The van der Waals surface area contributed by atoms with Gasteiger partial charge in [0.05, 0.1) is 0 Å². The minimum Gasteiger partial charge on any atom is -0.324 e. The van der Waals surface area contributed by atoms with E-state index in [0.717, 1.165) is 25.2 Å². The molecule has 1 aliphatic heterocycles. The molecule has 3 rings (SSSR count). The van der Waals surface area contributed by atoms with Crippen molar-refractivity contribution in [2.75, 3.05) is 11.9 Å². The number of carbonyl (C=O) groups excluding carboxylic acids is 1. The van der Waals surface area contributed by atoms with E-state index in [1.807, 2.05) is 12.1 Å². The number of benzene rings is 1. The van der Waals surface area contributed by atoms with Crippen LogP contribution >= 0.6 is 0 Å². The fourth-order valence-electron chi connectivity index (χ4n) is 2.34. The molecule has 1 aromatic carbocycles. The topological polar surface area (TPSA) is 71.8 Å². The van der Waals surface area contributed by atoms with Crippen LogP contribution in [0.1, 0.15) is 24.1 Å². The molecule has 2 aromatic rings. The van der Waals surface area contributed by atoms with E-state index in [2.05, 4.69) is 26.8 Å². The lowest BCUT2D eigenvalue weighted by Crippen LogP contribution is -2.25. The molecule has 2 N–H and O–H groups in total. The Morgan fingerprint density at radius 2 is 2.35 bits per heavy atom. The Bertz CT molecular complexity index is 608. The quantitative estimate of drug-likeness (QED) is 0.877. The third kappa shape index (κ3) is 2.55. The van der Waals surface area contributed by atoms with E-state index < -0.39 is 0 Å². The first-order valence-corrected chi connectivity index (χ1v) is 6.71. The van der Waals surface area contributed by atoms with Gasteiger partial charge in [0.2, 0.25) is 5.91 Å². The molecule has 104 valence electrons. The van der Waals surface area contributed by atoms with Gasteiger partial charge in [-0.05, 0) is 43.1 Å². The van der Waals surface area contributed by atoms with Crippen molar-refractivity contribution >= 4 is 11.6 Å². The van der Waals surface area contributed by atoms with Crippen LogP contribution in [0.15, 0.2) is 30.9 Å². The Hall–Kier alpha value is -2.21. The van der Waals surface area contributed by atoms with Crippen molar-refractivity contribution in [1.29, 1.82) is 0 Å². The number of aromatic nitrogens is 3. The van der Waals surface area contributed by atoms with Gasteiger partial charge >= 0.3 is 0 Å². The van der Waals surface area contributed by atoms with Gasteiger partial charge in [-0.1, -0.05) is 6.07 Å². The Kier molecular flexibility index (Phi) is 3.47. The molecule has 6 heteroatoms. The van der Waals surface area contributed by atoms with Crippen LogP contribution in [0.4, 0.5) is 5.69 Å². The highest BCUT2D eigenvalue weighted by Crippen LogP contribution is 2.19. The molecule has 2 heterocycles. The summed E-state index contributed by atoms with van der Waals surface area (Å²) in [6.07, 6.45) is 4.01. The maximum absolute atomic E-state index is 12.2. The lowest BCUT2D eigenvalue weighted by Gasteiger charge is -2.18. The maximum atomic E-state index is 12.2. The molecule has 1 unspecified atom stereocenters. The minimum absolute atomic E-state index is 0.0979. The first-order chi connectivity index (χ1) is 9.74. The zero-order valence-electron chi connectivity index (χ0n) is 11.3. The number of nitrogens with zero attached hydrogens (tertiary/aromatic N) is 3. The van der Waals surface area contributed by atoms with Gasteiger partial charge in [0.15, 0.2) is 0 Å². The van der Waals surface area contributed by atoms with Gasteiger partial charge in [-0.3, -0.25) is 4.79 Å². The fourth-order valence-corrected chi connectivity index (χ4v) is 2.34. The SMILES string of the molecule is CC(C(=O)Nc1ccc2c(c1)CNCC2)n1cncn1. The molecule has 0 saturated carbocycles. The number of nitrogens with one attached hydrogen (secondary N) is 2. The van der Waals surface area contributed by atoms with Gasteiger partial charge < -0.3 is 10.6 Å². The molecule has 20 heavy (non-hydrogen) atoms. The molecule has 1 aromatic heterocycles. The molecule has 0 aliphatic carbocycles. The molecule has 6 nitrogen and oxygen atoms in total. The summed E-state index contributed by atoms with van der Waals surface area (Å²) in [5.41, 5.74) is 3.43. The molecule has 0 saturated heterocycles. The van der Waals surface area contributed by atoms with E-state index in [-0.39, 0.29) is 11.9 Å². The predicted octanol–water partition coefficient (Wildman–Crippen LogP) is 1.12. The van der Waals surface area contributed by atoms with Crippen molar-refractivity contribution in [3.63, 3.8) is 0 Å². The van der Waals surface area contributed by atoms with E-state index in [4.69, 9.17) is 0 Å². The first kappa shape index (κ1) is 12.8. The van der Waals surface area contributed by atoms with E-state index in [1.165, 1.54) is 22.1 Å². The summed E-state index contributed by atoms with van der Waals surface area (Å²) >= 11 is 0. The van der Waals surface area contributed by atoms with Crippen molar-refractivity contribution in [3.05, 3.63) is 42.0 Å². The lowest BCUT2D eigenvalue weighted by atomic mass is 10.0. The summed E-state index contributed by atoms with van der Waals surface area (Å²) < 4.78 is 1.54. The van der Waals surface area contributed by atoms with Gasteiger partial charge in [-0.15, -0.1) is 0 Å². The second-order valence-electron chi connectivity index (χ2n) is 4.95. The number of rotatable bonds is 3. The van der Waals surface area contributed by atoms with Crippen molar-refractivity contribution in [1.82, 2.24) is 20.1 Å². The summed E-state index contributed by atoms with van der Waals surface area (Å²) in [4.78, 5) is 16.0. The summed E-state index contributed by atoms with van der Waals surface area (Å²) in [5.74, 6) is -0.0979. The van der Waals surface area contributed by atoms with Gasteiger partial charge in [-0.25, -0.2) is 9.67 Å². The van der Waals surface area contributed by atoms with Crippen LogP contribution in [0.3, 0.4) is 0 Å². The van der Waals surface area contributed by atoms with E-state index in [1.54, 1.807) is 13.3 Å². The summed E-state index contributed by atoms with van der Waals surface area (Å²) in [6.45, 7) is 3.67. The minimum atomic E-state index is -0.383. The number of amides is 1. The smallest absolute Gasteiger partial charge is 0.249 e. The fraction of sp³-hybridized carbons (Fsp3) is 0.357. The lowest BCUT2D eigenvalue weighted by molar-refractivity contribution is -0.119. The summed E-state index contributed by atoms with van der Waals surface area (Å²) in [5, 5.41) is 10.2. The highest BCUT2D eigenvalue weighted by atomic mass is 16.2. The third-order valence-electron chi connectivity index (χ3n) is 3.57. The highest BCUT2D eigenvalue weighted by Gasteiger charge is 2.16. The Balaban J connectivity index is 1.73. The van der Waals surface area contributed by atoms with Crippen molar-refractivity contribution < 1.29 is 4.79 Å². The monoisotopic (exact) mass is 271 g/mol. The molecule has 0 bridgehead atoms. The van der Waals surface area contributed by atoms with Crippen molar-refractivity contribution in [2.24, 2.45) is 0 Å². The molecule has 1 atom stereocenters. The number of fused-ring (bicyclic) bond motifs is 1. The van der Waals surface area contributed by atoms with E-state index in [9.17, 15) is 4.79 Å². The van der Waals surface area contributed by atoms with Gasteiger partial charge in [-0.2, -0.15) is 5.10 Å². The van der Waals surface area contributed by atoms with Crippen molar-refractivity contribution in [3.8, 4) is 0 Å². The van der Waals surface area contributed by atoms with E-state index in [0.29, 0.717) is 0 Å². The zero-order chi connectivity index (χ0) is 13.9. The number of hydrogen-bond acceptors (Lipinski definition) is 4. The number of hydrogen-bond donors (Lipinski definition) is 2. The summed E-state index contributed by atoms with van der Waals surface area (Å²) in [7, 11) is 0. The van der Waals surface area contributed by atoms with Crippen LogP contribution in [-0.2, 0) is 17.8 Å². The van der Waals surface area contributed by atoms with Gasteiger partial charge in [0.1, 0.15) is 18.7 Å². The van der Waals surface area contributed by atoms with Crippen LogP contribution in [-0.4, -0.2) is 27.2 Å². The number of carbonyl (C=O) groups is 1. The molecule has 0 radical (unpaired) electrons. The van der Waals surface area contributed by atoms with Crippen LogP contribution in [0.25, 0.3) is 0 Å². The highest BCUT2D eigenvalue weighted by molar-refractivity contribution is 5.93. The molecule has 0 fully saturated rings. The van der Waals surface area contributed by atoms with Crippen LogP contribution in [0.5, 0.6) is 0 Å². The standard InChI is InChI=1S/C14H17N5O/c1-10(19-9-16-8-17-19)14(20)18-13-3-2-11-4-5-15-7-12(11)6-13/h2-3,6,8-10,15H,4-5,7H2,1H3,(H,18,20). The third-order valence-corrected chi connectivity index (χ3v) is 3.57. The molecule has 0 spiro atoms. The predicted molar refractivity (Wildman–Crippen MR) is 75.2 cm³/mol. The largest absolute Gasteiger partial charge is 0.324 e. The van der Waals surface area contributed by atoms with Crippen molar-refractivity contribution in [2.45, 2.75) is 25.9 Å². The second kappa shape index (κ2) is 5.42. The van der Waals surface area contributed by atoms with Gasteiger partial charge in [0.25, 0.3) is 0 Å². The summed E-state index contributed by atoms with van der Waals surface area (Å²) in [6, 6.07) is 5.70. The Morgan fingerprint density at radius 1 is 1.45 bits per heavy atom. The Morgan fingerprint density at radius 3 is 3.15 bits per heavy atom. The maximum Gasteiger partial charge on any atom is 0.249 e. The molecular weight excluding hydrogens is 254 g/mol. The van der Waals surface area contributed by atoms with E-state index >= 15 is 0 Å². The average molecular weight is 271 g/mol. The molecule has 1 aliphatic rings. The normalized spacial score (nSPS) is 15.4.